The molecular weight excluding hydrogens is 263 g/mol. The largest absolute Gasteiger partial charge is 0.506 e. The highest BCUT2D eigenvalue weighted by Crippen LogP contribution is 2.31. The number of nitrogens with one attached hydrogen (secondary N) is 2. The SMILES string of the molecule is O=C1CC(NCc2cc(Cl)cc(Cl)c2O)CN1. The zero-order chi connectivity index (χ0) is 12.4. The van der Waals surface area contributed by atoms with Crippen LogP contribution in [0.2, 0.25) is 10.0 Å². The molecule has 1 fully saturated rings. The minimum absolute atomic E-state index is 0.0286. The fourth-order valence-corrected chi connectivity index (χ4v) is 2.29. The van der Waals surface area contributed by atoms with Gasteiger partial charge in [-0.3, -0.25) is 4.79 Å². The Morgan fingerprint density at radius 3 is 2.88 bits per heavy atom. The number of aromatic hydroxyl groups is 1. The molecule has 6 heteroatoms. The maximum Gasteiger partial charge on any atom is 0.221 e. The van der Waals surface area contributed by atoms with Gasteiger partial charge in [-0.2, -0.15) is 0 Å². The number of amides is 1. The van der Waals surface area contributed by atoms with Crippen molar-refractivity contribution in [3.63, 3.8) is 0 Å². The lowest BCUT2D eigenvalue weighted by Gasteiger charge is -2.12. The molecular formula is C11H12Cl2N2O2. The summed E-state index contributed by atoms with van der Waals surface area (Å²) >= 11 is 11.7. The number of phenols is 1. The van der Waals surface area contributed by atoms with Crippen LogP contribution in [0, 0.1) is 0 Å². The molecule has 1 amide bonds. The van der Waals surface area contributed by atoms with E-state index in [0.717, 1.165) is 0 Å². The molecule has 17 heavy (non-hydrogen) atoms. The molecule has 0 bridgehead atoms. The first kappa shape index (κ1) is 12.5. The summed E-state index contributed by atoms with van der Waals surface area (Å²) in [4.78, 5) is 11.0. The lowest BCUT2D eigenvalue weighted by atomic mass is 10.1. The van der Waals surface area contributed by atoms with Gasteiger partial charge in [0.25, 0.3) is 0 Å². The van der Waals surface area contributed by atoms with Crippen molar-refractivity contribution < 1.29 is 9.90 Å². The lowest BCUT2D eigenvalue weighted by Crippen LogP contribution is -2.30. The van der Waals surface area contributed by atoms with Gasteiger partial charge in [-0.15, -0.1) is 0 Å². The van der Waals surface area contributed by atoms with Crippen LogP contribution in [0.4, 0.5) is 0 Å². The minimum Gasteiger partial charge on any atom is -0.506 e. The van der Waals surface area contributed by atoms with Gasteiger partial charge in [-0.25, -0.2) is 0 Å². The van der Waals surface area contributed by atoms with Gasteiger partial charge in [0, 0.05) is 36.1 Å². The van der Waals surface area contributed by atoms with Crippen LogP contribution >= 0.6 is 23.2 Å². The summed E-state index contributed by atoms with van der Waals surface area (Å²) in [6.45, 7) is 1.03. The smallest absolute Gasteiger partial charge is 0.221 e. The van der Waals surface area contributed by atoms with Gasteiger partial charge in [-0.1, -0.05) is 23.2 Å². The molecule has 1 saturated heterocycles. The number of hydrogen-bond acceptors (Lipinski definition) is 3. The van der Waals surface area contributed by atoms with E-state index in [4.69, 9.17) is 23.2 Å². The van der Waals surface area contributed by atoms with Crippen LogP contribution in [-0.2, 0) is 11.3 Å². The third-order valence-electron chi connectivity index (χ3n) is 2.67. The average Bonchev–Trinajstić information content (AvgIpc) is 2.67. The number of hydrogen-bond donors (Lipinski definition) is 3. The molecule has 1 aliphatic heterocycles. The zero-order valence-corrected chi connectivity index (χ0v) is 10.5. The maximum absolute atomic E-state index is 11.0. The molecule has 0 spiro atoms. The number of halogens is 2. The van der Waals surface area contributed by atoms with E-state index in [1.807, 2.05) is 0 Å². The number of carbonyl (C=O) groups is 1. The van der Waals surface area contributed by atoms with Gasteiger partial charge >= 0.3 is 0 Å². The van der Waals surface area contributed by atoms with Gasteiger partial charge in [0.1, 0.15) is 5.75 Å². The monoisotopic (exact) mass is 274 g/mol. The normalized spacial score (nSPS) is 19.4. The van der Waals surface area contributed by atoms with Crippen molar-refractivity contribution in [1.82, 2.24) is 10.6 Å². The lowest BCUT2D eigenvalue weighted by molar-refractivity contribution is -0.119. The van der Waals surface area contributed by atoms with Crippen molar-refractivity contribution in [3.8, 4) is 5.75 Å². The highest BCUT2D eigenvalue weighted by Gasteiger charge is 2.21. The second-order valence-electron chi connectivity index (χ2n) is 3.98. The van der Waals surface area contributed by atoms with E-state index in [2.05, 4.69) is 10.6 Å². The Balaban J connectivity index is 2.01. The Kier molecular flexibility index (Phi) is 3.76. The zero-order valence-electron chi connectivity index (χ0n) is 8.96. The van der Waals surface area contributed by atoms with Crippen molar-refractivity contribution in [2.24, 2.45) is 0 Å². The van der Waals surface area contributed by atoms with Gasteiger partial charge in [0.05, 0.1) is 5.02 Å². The molecule has 1 aromatic carbocycles. The van der Waals surface area contributed by atoms with Crippen molar-refractivity contribution in [2.75, 3.05) is 6.54 Å². The second kappa shape index (κ2) is 5.12. The van der Waals surface area contributed by atoms with Crippen LogP contribution < -0.4 is 10.6 Å². The quantitative estimate of drug-likeness (QED) is 0.786. The summed E-state index contributed by atoms with van der Waals surface area (Å²) in [6.07, 6.45) is 0.453. The standard InChI is InChI=1S/C11H12Cl2N2O2/c12-7-1-6(11(17)9(13)2-7)4-14-8-3-10(16)15-5-8/h1-2,8,14,17H,3-5H2,(H,15,16). The molecule has 92 valence electrons. The number of phenolic OH excluding ortho intramolecular Hbond substituents is 1. The van der Waals surface area contributed by atoms with E-state index >= 15 is 0 Å². The minimum atomic E-state index is 0.0286. The Bertz CT molecular complexity index is 451. The van der Waals surface area contributed by atoms with Crippen LogP contribution in [0.5, 0.6) is 5.75 Å². The summed E-state index contributed by atoms with van der Waals surface area (Å²) in [5, 5.41) is 16.3. The molecule has 1 atom stereocenters. The third kappa shape index (κ3) is 3.03. The number of rotatable bonds is 3. The Morgan fingerprint density at radius 2 is 2.24 bits per heavy atom. The van der Waals surface area contributed by atoms with E-state index in [9.17, 15) is 9.90 Å². The summed E-state index contributed by atoms with van der Waals surface area (Å²) in [5.74, 6) is 0.0664. The second-order valence-corrected chi connectivity index (χ2v) is 4.83. The van der Waals surface area contributed by atoms with Crippen molar-refractivity contribution in [2.45, 2.75) is 19.0 Å². The van der Waals surface area contributed by atoms with Crippen molar-refractivity contribution >= 4 is 29.1 Å². The van der Waals surface area contributed by atoms with E-state index in [0.29, 0.717) is 30.1 Å². The maximum atomic E-state index is 11.0. The predicted octanol–water partition coefficient (Wildman–Crippen LogP) is 1.68. The van der Waals surface area contributed by atoms with E-state index in [1.54, 1.807) is 6.07 Å². The van der Waals surface area contributed by atoms with Gasteiger partial charge in [0.2, 0.25) is 5.91 Å². The van der Waals surface area contributed by atoms with Crippen LogP contribution in [-0.4, -0.2) is 23.6 Å². The molecule has 1 aromatic rings. The summed E-state index contributed by atoms with van der Waals surface area (Å²) < 4.78 is 0. The van der Waals surface area contributed by atoms with Crippen LogP contribution in [0.15, 0.2) is 12.1 Å². The number of benzene rings is 1. The Labute approximate surface area is 109 Å². The van der Waals surface area contributed by atoms with Crippen LogP contribution in [0.25, 0.3) is 0 Å². The molecule has 4 nitrogen and oxygen atoms in total. The molecule has 3 N–H and O–H groups in total. The highest BCUT2D eigenvalue weighted by atomic mass is 35.5. The molecule has 2 rings (SSSR count). The molecule has 0 aliphatic carbocycles. The van der Waals surface area contributed by atoms with Gasteiger partial charge in [-0.05, 0) is 12.1 Å². The molecule has 0 aromatic heterocycles. The molecule has 0 radical (unpaired) electrons. The molecule has 1 heterocycles. The molecule has 1 aliphatic rings. The highest BCUT2D eigenvalue weighted by molar-refractivity contribution is 6.35. The first-order valence-electron chi connectivity index (χ1n) is 5.23. The fourth-order valence-electron chi connectivity index (χ4n) is 1.76. The Morgan fingerprint density at radius 1 is 1.47 bits per heavy atom. The first-order valence-corrected chi connectivity index (χ1v) is 5.99. The van der Waals surface area contributed by atoms with Crippen LogP contribution in [0.3, 0.4) is 0 Å². The van der Waals surface area contributed by atoms with E-state index in [1.165, 1.54) is 6.07 Å². The molecule has 0 saturated carbocycles. The number of carbonyl (C=O) groups excluding carboxylic acids is 1. The van der Waals surface area contributed by atoms with E-state index in [-0.39, 0.29) is 22.7 Å². The summed E-state index contributed by atoms with van der Waals surface area (Å²) in [7, 11) is 0. The summed E-state index contributed by atoms with van der Waals surface area (Å²) in [6, 6.07) is 3.22. The molecule has 1 unspecified atom stereocenters. The predicted molar refractivity (Wildman–Crippen MR) is 66.4 cm³/mol. The average molecular weight is 275 g/mol. The van der Waals surface area contributed by atoms with Gasteiger partial charge in [0.15, 0.2) is 0 Å². The van der Waals surface area contributed by atoms with Crippen molar-refractivity contribution in [1.29, 1.82) is 0 Å². The van der Waals surface area contributed by atoms with E-state index < -0.39 is 0 Å². The topological polar surface area (TPSA) is 61.4 Å². The van der Waals surface area contributed by atoms with Crippen molar-refractivity contribution in [3.05, 3.63) is 27.7 Å². The first-order chi connectivity index (χ1) is 8.06. The summed E-state index contributed by atoms with van der Waals surface area (Å²) in [5.41, 5.74) is 0.627. The van der Waals surface area contributed by atoms with Crippen LogP contribution in [0.1, 0.15) is 12.0 Å². The fraction of sp³-hybridized carbons (Fsp3) is 0.364. The Hall–Kier alpha value is -0.970. The third-order valence-corrected chi connectivity index (χ3v) is 3.17. The van der Waals surface area contributed by atoms with Gasteiger partial charge < -0.3 is 15.7 Å².